The van der Waals surface area contributed by atoms with Gasteiger partial charge in [-0.2, -0.15) is 0 Å². The van der Waals surface area contributed by atoms with Crippen molar-refractivity contribution in [2.75, 3.05) is 0 Å². The number of hydrogen-bond donors (Lipinski definition) is 0. The van der Waals surface area contributed by atoms with Crippen LogP contribution in [-0.4, -0.2) is 23.1 Å². The first-order valence-corrected chi connectivity index (χ1v) is 6.91. The molecule has 0 aromatic rings. The summed E-state index contributed by atoms with van der Waals surface area (Å²) in [6.07, 6.45) is 17.4. The van der Waals surface area contributed by atoms with E-state index in [0.717, 1.165) is 0 Å². The molecule has 0 spiro atoms. The molecular weight excluding hydrogens is 263 g/mol. The predicted octanol–water partition coefficient (Wildman–Crippen LogP) is -0.665. The molecule has 0 N–H and O–H groups in total. The maximum Gasteiger partial charge on any atom is 2.00 e. The molecule has 0 saturated carbocycles. The Morgan fingerprint density at radius 1 is 0.412 bits per heavy atom. The van der Waals surface area contributed by atoms with E-state index in [1.807, 2.05) is 0 Å². The van der Waals surface area contributed by atoms with Gasteiger partial charge in [-0.3, -0.25) is 0 Å². The molecule has 0 heterocycles. The van der Waals surface area contributed by atoms with E-state index >= 15 is 0 Å². The number of hydrogen-bond acceptors (Lipinski definition) is 0. The van der Waals surface area contributed by atoms with E-state index in [4.69, 9.17) is 0 Å². The van der Waals surface area contributed by atoms with Crippen molar-refractivity contribution >= 4 is 23.1 Å². The fraction of sp³-hybridized carbons (Fsp3) is 1.00. The van der Waals surface area contributed by atoms with E-state index in [1.165, 1.54) is 77.0 Å². The van der Waals surface area contributed by atoms with Crippen LogP contribution in [0.25, 0.3) is 0 Å². The molecule has 17 heavy (non-hydrogen) atoms. The summed E-state index contributed by atoms with van der Waals surface area (Å²) in [4.78, 5) is 0. The molecule has 3 heteroatoms. The van der Waals surface area contributed by atoms with Crippen molar-refractivity contribution < 1.29 is 24.8 Å². The van der Waals surface area contributed by atoms with Crippen LogP contribution in [0.2, 0.25) is 0 Å². The maximum absolute atomic E-state index is 2.29. The van der Waals surface area contributed by atoms with E-state index in [2.05, 4.69) is 13.8 Å². The van der Waals surface area contributed by atoms with Crippen LogP contribution in [0.15, 0.2) is 0 Å². The standard InChI is InChI=1S/C14H30.2ClH.Mg/c1-3-5-7-9-11-13-14-12-10-8-6-4-2;;;/h3-14H2,1-2H3;2*1H;/q;;;+2/p-2. The van der Waals surface area contributed by atoms with E-state index in [0.29, 0.717) is 0 Å². The van der Waals surface area contributed by atoms with Gasteiger partial charge in [-0.05, 0) is 0 Å². The SMILES string of the molecule is CCCCCCCCCCCCCC.[Cl-].[Cl-].[Mg+2]. The molecule has 0 fully saturated rings. The molecule has 0 aliphatic heterocycles. The van der Waals surface area contributed by atoms with Gasteiger partial charge in [0.1, 0.15) is 0 Å². The van der Waals surface area contributed by atoms with E-state index < -0.39 is 0 Å². The molecule has 102 valence electrons. The van der Waals surface area contributed by atoms with Gasteiger partial charge in [0, 0.05) is 0 Å². The summed E-state index contributed by atoms with van der Waals surface area (Å²) in [6.45, 7) is 4.57. The van der Waals surface area contributed by atoms with Gasteiger partial charge in [-0.1, -0.05) is 90.9 Å². The Kier molecular flexibility index (Phi) is 41.1. The molecule has 0 nitrogen and oxygen atoms in total. The quantitative estimate of drug-likeness (QED) is 0.350. The van der Waals surface area contributed by atoms with E-state index in [9.17, 15) is 0 Å². The molecule has 0 aliphatic carbocycles. The zero-order valence-electron chi connectivity index (χ0n) is 11.9. The van der Waals surface area contributed by atoms with Gasteiger partial charge in [0.05, 0.1) is 0 Å². The van der Waals surface area contributed by atoms with Gasteiger partial charge in [0.25, 0.3) is 0 Å². The second-order valence-corrected chi connectivity index (χ2v) is 4.54. The van der Waals surface area contributed by atoms with Gasteiger partial charge >= 0.3 is 23.1 Å². The van der Waals surface area contributed by atoms with Gasteiger partial charge < -0.3 is 24.8 Å². The average molecular weight is 294 g/mol. The van der Waals surface area contributed by atoms with Crippen molar-refractivity contribution in [3.8, 4) is 0 Å². The summed E-state index contributed by atoms with van der Waals surface area (Å²) in [5.41, 5.74) is 0. The van der Waals surface area contributed by atoms with Crippen LogP contribution < -0.4 is 24.8 Å². The summed E-state index contributed by atoms with van der Waals surface area (Å²) in [5.74, 6) is 0. The zero-order valence-corrected chi connectivity index (χ0v) is 14.9. The second kappa shape index (κ2) is 26.0. The predicted molar refractivity (Wildman–Crippen MR) is 72.5 cm³/mol. The Hall–Kier alpha value is 1.35. The van der Waals surface area contributed by atoms with Crippen molar-refractivity contribution in [3.05, 3.63) is 0 Å². The maximum atomic E-state index is 2.29. The topological polar surface area (TPSA) is 0 Å². The van der Waals surface area contributed by atoms with Crippen LogP contribution in [0.5, 0.6) is 0 Å². The van der Waals surface area contributed by atoms with Gasteiger partial charge in [0.15, 0.2) is 0 Å². The second-order valence-electron chi connectivity index (χ2n) is 4.54. The Labute approximate surface area is 138 Å². The molecular formula is C14H30Cl2Mg. The largest absolute Gasteiger partial charge is 2.00 e. The third-order valence-corrected chi connectivity index (χ3v) is 2.96. The molecule has 0 amide bonds. The molecule has 0 saturated heterocycles. The molecule has 0 aromatic heterocycles. The number of unbranched alkanes of at least 4 members (excludes halogenated alkanes) is 11. The van der Waals surface area contributed by atoms with Crippen LogP contribution in [-0.2, 0) is 0 Å². The summed E-state index contributed by atoms with van der Waals surface area (Å²) < 4.78 is 0. The number of rotatable bonds is 11. The van der Waals surface area contributed by atoms with Crippen molar-refractivity contribution in [1.29, 1.82) is 0 Å². The van der Waals surface area contributed by atoms with Crippen LogP contribution in [0.4, 0.5) is 0 Å². The molecule has 0 atom stereocenters. The molecule has 0 unspecified atom stereocenters. The minimum atomic E-state index is 0. The van der Waals surface area contributed by atoms with Crippen molar-refractivity contribution in [3.63, 3.8) is 0 Å². The van der Waals surface area contributed by atoms with E-state index in [-0.39, 0.29) is 47.9 Å². The molecule has 0 bridgehead atoms. The molecule has 0 aromatic carbocycles. The van der Waals surface area contributed by atoms with Crippen LogP contribution in [0.1, 0.15) is 90.9 Å². The summed E-state index contributed by atoms with van der Waals surface area (Å²) in [5, 5.41) is 0. The summed E-state index contributed by atoms with van der Waals surface area (Å²) in [6, 6.07) is 0. The molecule has 0 radical (unpaired) electrons. The normalized spacial score (nSPS) is 8.82. The summed E-state index contributed by atoms with van der Waals surface area (Å²) in [7, 11) is 0. The third-order valence-electron chi connectivity index (χ3n) is 2.96. The number of halogens is 2. The Morgan fingerprint density at radius 2 is 0.588 bits per heavy atom. The third kappa shape index (κ3) is 26.8. The van der Waals surface area contributed by atoms with Gasteiger partial charge in [-0.25, -0.2) is 0 Å². The van der Waals surface area contributed by atoms with Gasteiger partial charge in [-0.15, -0.1) is 0 Å². The smallest absolute Gasteiger partial charge is 1.00 e. The van der Waals surface area contributed by atoms with Crippen LogP contribution in [0, 0.1) is 0 Å². The fourth-order valence-electron chi connectivity index (χ4n) is 1.91. The molecule has 0 aliphatic rings. The van der Waals surface area contributed by atoms with Gasteiger partial charge in [0.2, 0.25) is 0 Å². The Morgan fingerprint density at radius 3 is 0.765 bits per heavy atom. The first kappa shape index (κ1) is 26.8. The fourth-order valence-corrected chi connectivity index (χ4v) is 1.91. The average Bonchev–Trinajstić information content (AvgIpc) is 2.21. The zero-order chi connectivity index (χ0) is 10.5. The summed E-state index contributed by atoms with van der Waals surface area (Å²) >= 11 is 0. The van der Waals surface area contributed by atoms with Crippen molar-refractivity contribution in [2.45, 2.75) is 90.9 Å². The monoisotopic (exact) mass is 292 g/mol. The minimum Gasteiger partial charge on any atom is -1.00 e. The van der Waals surface area contributed by atoms with Crippen LogP contribution >= 0.6 is 0 Å². The Balaban J connectivity index is -0.000000282. The van der Waals surface area contributed by atoms with Crippen LogP contribution in [0.3, 0.4) is 0 Å². The van der Waals surface area contributed by atoms with Crippen molar-refractivity contribution in [2.24, 2.45) is 0 Å². The van der Waals surface area contributed by atoms with Crippen molar-refractivity contribution in [1.82, 2.24) is 0 Å². The molecule has 0 rings (SSSR count). The first-order chi connectivity index (χ1) is 6.91. The Bertz CT molecular complexity index is 88.2. The first-order valence-electron chi connectivity index (χ1n) is 6.91. The minimum absolute atomic E-state index is 0. The van der Waals surface area contributed by atoms with E-state index in [1.54, 1.807) is 0 Å².